The Balaban J connectivity index is 2.03. The summed E-state index contributed by atoms with van der Waals surface area (Å²) in [5.74, 6) is 0.540. The second kappa shape index (κ2) is 6.89. The predicted octanol–water partition coefficient (Wildman–Crippen LogP) is 3.59. The van der Waals surface area contributed by atoms with Crippen LogP contribution in [0.1, 0.15) is 56.6 Å². The number of rotatable bonds is 4. The molecule has 2 rings (SSSR count). The fourth-order valence-electron chi connectivity index (χ4n) is 2.85. The zero-order valence-electron chi connectivity index (χ0n) is 12.8. The van der Waals surface area contributed by atoms with E-state index in [-0.39, 0.29) is 5.91 Å². The SMILES string of the molecule is Cc1cccc(C(C)C)c1NC(=O)CC1CCCCN1. The van der Waals surface area contributed by atoms with Gasteiger partial charge in [0.2, 0.25) is 5.91 Å². The molecule has 20 heavy (non-hydrogen) atoms. The van der Waals surface area contributed by atoms with E-state index < -0.39 is 0 Å². The number of anilines is 1. The van der Waals surface area contributed by atoms with Gasteiger partial charge < -0.3 is 10.6 Å². The lowest BCUT2D eigenvalue weighted by molar-refractivity contribution is -0.116. The van der Waals surface area contributed by atoms with Gasteiger partial charge >= 0.3 is 0 Å². The van der Waals surface area contributed by atoms with E-state index in [1.807, 2.05) is 0 Å². The summed E-state index contributed by atoms with van der Waals surface area (Å²) >= 11 is 0. The molecule has 2 N–H and O–H groups in total. The monoisotopic (exact) mass is 274 g/mol. The minimum Gasteiger partial charge on any atom is -0.326 e. The molecule has 0 aromatic heterocycles. The molecule has 1 saturated heterocycles. The lowest BCUT2D eigenvalue weighted by Crippen LogP contribution is -2.37. The van der Waals surface area contributed by atoms with Crippen molar-refractivity contribution in [2.45, 2.75) is 58.4 Å². The average Bonchev–Trinajstić information content (AvgIpc) is 2.42. The van der Waals surface area contributed by atoms with E-state index >= 15 is 0 Å². The Kier molecular flexibility index (Phi) is 5.18. The zero-order valence-corrected chi connectivity index (χ0v) is 12.8. The highest BCUT2D eigenvalue weighted by molar-refractivity contribution is 5.92. The number of benzene rings is 1. The maximum atomic E-state index is 12.3. The molecule has 3 heteroatoms. The van der Waals surface area contributed by atoms with Crippen LogP contribution in [0, 0.1) is 6.92 Å². The number of carbonyl (C=O) groups excluding carboxylic acids is 1. The van der Waals surface area contributed by atoms with Gasteiger partial charge in [-0.3, -0.25) is 4.79 Å². The maximum absolute atomic E-state index is 12.3. The van der Waals surface area contributed by atoms with Crippen LogP contribution < -0.4 is 10.6 Å². The summed E-state index contributed by atoms with van der Waals surface area (Å²) in [5.41, 5.74) is 3.36. The molecule has 1 amide bonds. The first-order chi connectivity index (χ1) is 9.58. The van der Waals surface area contributed by atoms with Crippen LogP contribution in [0.15, 0.2) is 18.2 Å². The first-order valence-corrected chi connectivity index (χ1v) is 7.70. The van der Waals surface area contributed by atoms with Gasteiger partial charge in [0, 0.05) is 18.2 Å². The van der Waals surface area contributed by atoms with Gasteiger partial charge in [-0.25, -0.2) is 0 Å². The molecule has 3 nitrogen and oxygen atoms in total. The standard InChI is InChI=1S/C17H26N2O/c1-12(2)15-9-6-7-13(3)17(15)19-16(20)11-14-8-4-5-10-18-14/h6-7,9,12,14,18H,4-5,8,10-11H2,1-3H3,(H,19,20). The van der Waals surface area contributed by atoms with Crippen LogP contribution >= 0.6 is 0 Å². The molecule has 1 unspecified atom stereocenters. The van der Waals surface area contributed by atoms with E-state index in [0.29, 0.717) is 18.4 Å². The molecule has 0 saturated carbocycles. The number of amides is 1. The van der Waals surface area contributed by atoms with Crippen molar-refractivity contribution in [2.24, 2.45) is 0 Å². The molecule has 1 fully saturated rings. The second-order valence-corrected chi connectivity index (χ2v) is 6.09. The number of hydrogen-bond donors (Lipinski definition) is 2. The van der Waals surface area contributed by atoms with Crippen molar-refractivity contribution in [1.29, 1.82) is 0 Å². The molecule has 0 bridgehead atoms. The molecule has 0 spiro atoms. The highest BCUT2D eigenvalue weighted by Gasteiger charge is 2.18. The van der Waals surface area contributed by atoms with Gasteiger partial charge in [-0.15, -0.1) is 0 Å². The Morgan fingerprint density at radius 1 is 1.40 bits per heavy atom. The Bertz CT molecular complexity index is 462. The van der Waals surface area contributed by atoms with Crippen LogP contribution in [0.5, 0.6) is 0 Å². The number of hydrogen-bond acceptors (Lipinski definition) is 2. The Morgan fingerprint density at radius 3 is 2.85 bits per heavy atom. The van der Waals surface area contributed by atoms with Crippen LogP contribution in [0.4, 0.5) is 5.69 Å². The molecular formula is C17H26N2O. The summed E-state index contributed by atoms with van der Waals surface area (Å²) < 4.78 is 0. The highest BCUT2D eigenvalue weighted by Crippen LogP contribution is 2.27. The van der Waals surface area contributed by atoms with Gasteiger partial charge in [0.1, 0.15) is 0 Å². The molecule has 110 valence electrons. The van der Waals surface area contributed by atoms with Crippen molar-refractivity contribution in [1.82, 2.24) is 5.32 Å². The van der Waals surface area contributed by atoms with E-state index in [4.69, 9.17) is 0 Å². The van der Waals surface area contributed by atoms with Crippen molar-refractivity contribution < 1.29 is 4.79 Å². The van der Waals surface area contributed by atoms with Gasteiger partial charge in [-0.2, -0.15) is 0 Å². The van der Waals surface area contributed by atoms with Crippen molar-refractivity contribution in [3.63, 3.8) is 0 Å². The molecule has 1 aromatic rings. The number of aryl methyl sites for hydroxylation is 1. The van der Waals surface area contributed by atoms with Crippen LogP contribution in [0.25, 0.3) is 0 Å². The fraction of sp³-hybridized carbons (Fsp3) is 0.588. The van der Waals surface area contributed by atoms with Crippen LogP contribution in [-0.2, 0) is 4.79 Å². The number of piperidine rings is 1. The molecule has 1 aliphatic heterocycles. The first kappa shape index (κ1) is 15.0. The lowest BCUT2D eigenvalue weighted by Gasteiger charge is -2.23. The van der Waals surface area contributed by atoms with E-state index in [1.165, 1.54) is 18.4 Å². The van der Waals surface area contributed by atoms with Gasteiger partial charge in [-0.05, 0) is 43.4 Å². The second-order valence-electron chi connectivity index (χ2n) is 6.09. The molecular weight excluding hydrogens is 248 g/mol. The smallest absolute Gasteiger partial charge is 0.225 e. The van der Waals surface area contributed by atoms with E-state index in [9.17, 15) is 4.79 Å². The summed E-state index contributed by atoms with van der Waals surface area (Å²) in [4.78, 5) is 12.3. The van der Waals surface area contributed by atoms with Gasteiger partial charge in [0.15, 0.2) is 0 Å². The van der Waals surface area contributed by atoms with Crippen molar-refractivity contribution in [3.8, 4) is 0 Å². The molecule has 1 aromatic carbocycles. The van der Waals surface area contributed by atoms with E-state index in [1.54, 1.807) is 0 Å². The topological polar surface area (TPSA) is 41.1 Å². The normalized spacial score (nSPS) is 19.1. The summed E-state index contributed by atoms with van der Waals surface area (Å²) in [7, 11) is 0. The molecule has 1 heterocycles. The maximum Gasteiger partial charge on any atom is 0.225 e. The van der Waals surface area contributed by atoms with E-state index in [0.717, 1.165) is 24.2 Å². The Morgan fingerprint density at radius 2 is 2.20 bits per heavy atom. The molecule has 0 aliphatic carbocycles. The summed E-state index contributed by atoms with van der Waals surface area (Å²) in [6.45, 7) is 7.42. The minimum atomic E-state index is 0.126. The summed E-state index contributed by atoms with van der Waals surface area (Å²) in [6.07, 6.45) is 4.14. The third-order valence-corrected chi connectivity index (χ3v) is 4.04. The lowest BCUT2D eigenvalue weighted by atomic mass is 9.97. The first-order valence-electron chi connectivity index (χ1n) is 7.70. The zero-order chi connectivity index (χ0) is 14.5. The third-order valence-electron chi connectivity index (χ3n) is 4.04. The van der Waals surface area contributed by atoms with Crippen molar-refractivity contribution in [3.05, 3.63) is 29.3 Å². The largest absolute Gasteiger partial charge is 0.326 e. The number of carbonyl (C=O) groups is 1. The van der Waals surface area contributed by atoms with Crippen LogP contribution in [0.2, 0.25) is 0 Å². The van der Waals surface area contributed by atoms with Crippen LogP contribution in [0.3, 0.4) is 0 Å². The van der Waals surface area contributed by atoms with Gasteiger partial charge in [0.25, 0.3) is 0 Å². The van der Waals surface area contributed by atoms with E-state index in [2.05, 4.69) is 49.6 Å². The van der Waals surface area contributed by atoms with Crippen LogP contribution in [-0.4, -0.2) is 18.5 Å². The van der Waals surface area contributed by atoms with Crippen molar-refractivity contribution >= 4 is 11.6 Å². The third kappa shape index (κ3) is 3.83. The predicted molar refractivity (Wildman–Crippen MR) is 84.2 cm³/mol. The van der Waals surface area contributed by atoms with Gasteiger partial charge in [-0.1, -0.05) is 38.5 Å². The number of para-hydroxylation sites is 1. The van der Waals surface area contributed by atoms with Gasteiger partial charge in [0.05, 0.1) is 0 Å². The molecule has 1 aliphatic rings. The minimum absolute atomic E-state index is 0.126. The highest BCUT2D eigenvalue weighted by atomic mass is 16.1. The summed E-state index contributed by atoms with van der Waals surface area (Å²) in [5, 5.41) is 6.56. The Hall–Kier alpha value is -1.35. The molecule has 1 atom stereocenters. The average molecular weight is 274 g/mol. The quantitative estimate of drug-likeness (QED) is 0.881. The fourth-order valence-corrected chi connectivity index (χ4v) is 2.85. The molecule has 0 radical (unpaired) electrons. The summed E-state index contributed by atoms with van der Waals surface area (Å²) in [6, 6.07) is 6.56. The number of nitrogens with one attached hydrogen (secondary N) is 2. The Labute approximate surface area is 122 Å². The van der Waals surface area contributed by atoms with Crippen molar-refractivity contribution in [2.75, 3.05) is 11.9 Å².